The summed E-state index contributed by atoms with van der Waals surface area (Å²) in [6.07, 6.45) is 0.271. The maximum Gasteiger partial charge on any atom is 0.316 e. The summed E-state index contributed by atoms with van der Waals surface area (Å²) in [7, 11) is 0. The van der Waals surface area contributed by atoms with Gasteiger partial charge in [0.1, 0.15) is 5.25 Å². The van der Waals surface area contributed by atoms with Gasteiger partial charge >= 0.3 is 11.7 Å². The lowest BCUT2D eigenvalue weighted by molar-refractivity contribution is -0.386. The Morgan fingerprint density at radius 1 is 1.50 bits per heavy atom. The van der Waals surface area contributed by atoms with Crippen LogP contribution >= 0.6 is 11.8 Å². The van der Waals surface area contributed by atoms with Crippen LogP contribution in [0.3, 0.4) is 0 Å². The van der Waals surface area contributed by atoms with E-state index in [0.717, 1.165) is 11.8 Å². The van der Waals surface area contributed by atoms with E-state index in [9.17, 15) is 14.9 Å². The van der Waals surface area contributed by atoms with E-state index in [0.29, 0.717) is 11.3 Å². The SMILES string of the molecule is CCC(Sc1ccc([N+](=O)[O-])c(OC(C)C)c1)C(=O)O. The second-order valence-electron chi connectivity index (χ2n) is 4.41. The van der Waals surface area contributed by atoms with Crippen LogP contribution in [0.2, 0.25) is 0 Å². The van der Waals surface area contributed by atoms with Crippen LogP contribution in [-0.2, 0) is 4.79 Å². The number of thioether (sulfide) groups is 1. The molecule has 0 amide bonds. The largest absolute Gasteiger partial charge is 0.484 e. The molecule has 0 spiro atoms. The van der Waals surface area contributed by atoms with Gasteiger partial charge in [0, 0.05) is 17.0 Å². The van der Waals surface area contributed by atoms with E-state index < -0.39 is 16.1 Å². The van der Waals surface area contributed by atoms with Crippen LogP contribution in [0.15, 0.2) is 23.1 Å². The lowest BCUT2D eigenvalue weighted by Crippen LogP contribution is -2.14. The minimum Gasteiger partial charge on any atom is -0.484 e. The lowest BCUT2D eigenvalue weighted by atomic mass is 10.3. The number of benzene rings is 1. The van der Waals surface area contributed by atoms with Crippen molar-refractivity contribution < 1.29 is 19.6 Å². The molecule has 20 heavy (non-hydrogen) atoms. The topological polar surface area (TPSA) is 89.7 Å². The first kappa shape index (κ1) is 16.3. The number of carboxylic acid groups (broad SMARTS) is 1. The number of hydrogen-bond donors (Lipinski definition) is 1. The predicted octanol–water partition coefficient (Wildman–Crippen LogP) is 3.34. The summed E-state index contributed by atoms with van der Waals surface area (Å²) in [6.45, 7) is 5.33. The molecular weight excluding hydrogens is 282 g/mol. The van der Waals surface area contributed by atoms with E-state index in [1.54, 1.807) is 26.8 Å². The van der Waals surface area contributed by atoms with Crippen molar-refractivity contribution in [2.75, 3.05) is 0 Å². The number of ether oxygens (including phenoxy) is 1. The molecule has 1 N–H and O–H groups in total. The maximum absolute atomic E-state index is 11.0. The van der Waals surface area contributed by atoms with Crippen molar-refractivity contribution in [3.05, 3.63) is 28.3 Å². The van der Waals surface area contributed by atoms with Gasteiger partial charge in [0.05, 0.1) is 11.0 Å². The van der Waals surface area contributed by atoms with Gasteiger partial charge in [-0.05, 0) is 26.3 Å². The third kappa shape index (κ3) is 4.41. The Labute approximate surface area is 121 Å². The number of aliphatic carboxylic acids is 1. The number of carbonyl (C=O) groups is 1. The van der Waals surface area contributed by atoms with Crippen molar-refractivity contribution in [3.63, 3.8) is 0 Å². The van der Waals surface area contributed by atoms with Gasteiger partial charge in [0.25, 0.3) is 0 Å². The Bertz CT molecular complexity index is 504. The fourth-order valence-electron chi connectivity index (χ4n) is 1.54. The number of nitro groups is 1. The molecule has 0 aromatic heterocycles. The highest BCUT2D eigenvalue weighted by Gasteiger charge is 2.20. The van der Waals surface area contributed by atoms with Gasteiger partial charge in [-0.15, -0.1) is 11.8 Å². The standard InChI is InChI=1S/C13H17NO5S/c1-4-12(13(15)16)20-9-5-6-10(14(17)18)11(7-9)19-8(2)3/h5-8,12H,4H2,1-3H3,(H,15,16). The number of nitrogens with zero attached hydrogens (tertiary/aromatic N) is 1. The van der Waals surface area contributed by atoms with Crippen molar-refractivity contribution in [2.45, 2.75) is 43.4 Å². The Morgan fingerprint density at radius 3 is 2.60 bits per heavy atom. The number of carboxylic acids is 1. The van der Waals surface area contributed by atoms with Gasteiger partial charge in [-0.1, -0.05) is 6.92 Å². The molecule has 7 heteroatoms. The monoisotopic (exact) mass is 299 g/mol. The third-order valence-corrected chi connectivity index (χ3v) is 3.76. The molecule has 110 valence electrons. The average molecular weight is 299 g/mol. The highest BCUT2D eigenvalue weighted by Crippen LogP contribution is 2.34. The fraction of sp³-hybridized carbons (Fsp3) is 0.462. The van der Waals surface area contributed by atoms with Crippen LogP contribution in [0.5, 0.6) is 5.75 Å². The van der Waals surface area contributed by atoms with Crippen LogP contribution < -0.4 is 4.74 Å². The Morgan fingerprint density at radius 2 is 2.15 bits per heavy atom. The van der Waals surface area contributed by atoms with Crippen LogP contribution in [0, 0.1) is 10.1 Å². The molecule has 0 saturated heterocycles. The van der Waals surface area contributed by atoms with Crippen LogP contribution in [0.25, 0.3) is 0 Å². The van der Waals surface area contributed by atoms with E-state index in [1.807, 2.05) is 0 Å². The number of hydrogen-bond acceptors (Lipinski definition) is 5. The molecule has 1 atom stereocenters. The highest BCUT2D eigenvalue weighted by atomic mass is 32.2. The minimum atomic E-state index is -0.901. The number of rotatable bonds is 7. The van der Waals surface area contributed by atoms with Gasteiger partial charge in [-0.3, -0.25) is 14.9 Å². The van der Waals surface area contributed by atoms with E-state index in [-0.39, 0.29) is 17.5 Å². The first-order chi connectivity index (χ1) is 9.35. The van der Waals surface area contributed by atoms with E-state index in [4.69, 9.17) is 9.84 Å². The molecule has 0 heterocycles. The molecule has 1 unspecified atom stereocenters. The smallest absolute Gasteiger partial charge is 0.316 e. The van der Waals surface area contributed by atoms with Gasteiger partial charge in [-0.25, -0.2) is 0 Å². The average Bonchev–Trinajstić information content (AvgIpc) is 2.34. The molecule has 0 aliphatic rings. The fourth-order valence-corrected chi connectivity index (χ4v) is 2.46. The molecule has 0 aliphatic heterocycles. The zero-order valence-corrected chi connectivity index (χ0v) is 12.3. The molecule has 0 radical (unpaired) electrons. The van der Waals surface area contributed by atoms with E-state index in [1.165, 1.54) is 12.1 Å². The maximum atomic E-state index is 11.0. The van der Waals surface area contributed by atoms with Crippen molar-refractivity contribution >= 4 is 23.4 Å². The van der Waals surface area contributed by atoms with E-state index in [2.05, 4.69) is 0 Å². The first-order valence-corrected chi connectivity index (χ1v) is 7.07. The summed E-state index contributed by atoms with van der Waals surface area (Å²) in [6, 6.07) is 4.41. The van der Waals surface area contributed by atoms with Gasteiger partial charge in [-0.2, -0.15) is 0 Å². The summed E-state index contributed by atoms with van der Waals surface area (Å²) in [5.41, 5.74) is -0.119. The third-order valence-electron chi connectivity index (χ3n) is 2.42. The first-order valence-electron chi connectivity index (χ1n) is 6.19. The zero-order chi connectivity index (χ0) is 15.3. The molecular formula is C13H17NO5S. The Balaban J connectivity index is 3.05. The molecule has 1 aromatic carbocycles. The highest BCUT2D eigenvalue weighted by molar-refractivity contribution is 8.00. The summed E-state index contributed by atoms with van der Waals surface area (Å²) >= 11 is 1.16. The Kier molecular flexibility index (Phi) is 5.82. The summed E-state index contributed by atoms with van der Waals surface area (Å²) in [5, 5.41) is 19.4. The van der Waals surface area contributed by atoms with E-state index >= 15 is 0 Å². The van der Waals surface area contributed by atoms with Crippen LogP contribution in [0.4, 0.5) is 5.69 Å². The van der Waals surface area contributed by atoms with Crippen LogP contribution in [-0.4, -0.2) is 27.4 Å². The molecule has 0 bridgehead atoms. The zero-order valence-electron chi connectivity index (χ0n) is 11.5. The molecule has 0 aliphatic carbocycles. The van der Waals surface area contributed by atoms with Gasteiger partial charge < -0.3 is 9.84 Å². The molecule has 1 rings (SSSR count). The molecule has 0 saturated carbocycles. The number of nitro benzene ring substituents is 1. The van der Waals surface area contributed by atoms with Crippen molar-refractivity contribution in [2.24, 2.45) is 0 Å². The van der Waals surface area contributed by atoms with Crippen molar-refractivity contribution in [3.8, 4) is 5.75 Å². The summed E-state index contributed by atoms with van der Waals surface area (Å²) in [5.74, 6) is -0.738. The van der Waals surface area contributed by atoms with Gasteiger partial charge in [0.15, 0.2) is 5.75 Å². The quantitative estimate of drug-likeness (QED) is 0.472. The minimum absolute atomic E-state index is 0.119. The normalized spacial score (nSPS) is 12.2. The van der Waals surface area contributed by atoms with Gasteiger partial charge in [0.2, 0.25) is 0 Å². The van der Waals surface area contributed by atoms with Crippen molar-refractivity contribution in [1.29, 1.82) is 0 Å². The summed E-state index contributed by atoms with van der Waals surface area (Å²) in [4.78, 5) is 22.1. The van der Waals surface area contributed by atoms with Crippen molar-refractivity contribution in [1.82, 2.24) is 0 Å². The van der Waals surface area contributed by atoms with Crippen LogP contribution in [0.1, 0.15) is 27.2 Å². The molecule has 6 nitrogen and oxygen atoms in total. The second-order valence-corrected chi connectivity index (χ2v) is 5.68. The Hall–Kier alpha value is -1.76. The summed E-state index contributed by atoms with van der Waals surface area (Å²) < 4.78 is 5.42. The lowest BCUT2D eigenvalue weighted by Gasteiger charge is -2.13. The molecule has 0 fully saturated rings. The second kappa shape index (κ2) is 7.14. The molecule has 1 aromatic rings. The predicted molar refractivity (Wildman–Crippen MR) is 76.4 cm³/mol.